The third-order valence-electron chi connectivity index (χ3n) is 2.42. The van der Waals surface area contributed by atoms with Crippen LogP contribution in [0.1, 0.15) is 11.4 Å². The molecule has 3 N–H and O–H groups in total. The van der Waals surface area contributed by atoms with E-state index in [-0.39, 0.29) is 0 Å². The number of methoxy groups -OCH3 is 1. The number of nitrogens with zero attached hydrogens (tertiary/aromatic N) is 4. The molecule has 0 aliphatic rings. The first-order valence-corrected chi connectivity index (χ1v) is 6.21. The average Bonchev–Trinajstić information content (AvgIpc) is 2.71. The van der Waals surface area contributed by atoms with E-state index in [1.807, 2.05) is 18.2 Å². The fourth-order valence-electron chi connectivity index (χ4n) is 1.37. The summed E-state index contributed by atoms with van der Waals surface area (Å²) in [4.78, 5) is 0. The predicted molar refractivity (Wildman–Crippen MR) is 76.8 cm³/mol. The number of halogens is 1. The van der Waals surface area contributed by atoms with Gasteiger partial charge in [0.2, 0.25) is 0 Å². The average molecular weight is 325 g/mol. The van der Waals surface area contributed by atoms with Crippen molar-refractivity contribution in [2.24, 2.45) is 5.10 Å². The highest BCUT2D eigenvalue weighted by Crippen LogP contribution is 2.24. The van der Waals surface area contributed by atoms with Gasteiger partial charge in [0.25, 0.3) is 5.95 Å². The van der Waals surface area contributed by atoms with Gasteiger partial charge in [-0.1, -0.05) is 0 Å². The van der Waals surface area contributed by atoms with Crippen LogP contribution in [0.5, 0.6) is 5.75 Å². The number of aromatic nitrogens is 3. The highest BCUT2D eigenvalue weighted by atomic mass is 79.9. The Kier molecular flexibility index (Phi) is 4.00. The molecule has 100 valence electrons. The molecule has 8 heteroatoms. The molecule has 2 rings (SSSR count). The lowest BCUT2D eigenvalue weighted by molar-refractivity contribution is 0.412. The van der Waals surface area contributed by atoms with E-state index in [1.54, 1.807) is 20.2 Å². The van der Waals surface area contributed by atoms with Crippen LogP contribution in [0, 0.1) is 6.92 Å². The predicted octanol–water partition coefficient (Wildman–Crippen LogP) is 1.52. The number of anilines is 1. The number of hydrogen-bond acceptors (Lipinski definition) is 6. The third-order valence-corrected chi connectivity index (χ3v) is 3.04. The van der Waals surface area contributed by atoms with Crippen molar-refractivity contribution in [2.45, 2.75) is 6.92 Å². The zero-order chi connectivity index (χ0) is 13.8. The molecule has 1 aromatic carbocycles. The second-order valence-corrected chi connectivity index (χ2v) is 4.56. The van der Waals surface area contributed by atoms with Gasteiger partial charge in [-0.05, 0) is 46.6 Å². The van der Waals surface area contributed by atoms with E-state index in [2.05, 4.69) is 36.7 Å². The van der Waals surface area contributed by atoms with Crippen molar-refractivity contribution in [2.75, 3.05) is 18.4 Å². The number of nitrogens with one attached hydrogen (secondary N) is 1. The van der Waals surface area contributed by atoms with E-state index in [9.17, 15) is 0 Å². The molecule has 0 saturated heterocycles. The molecule has 0 saturated carbocycles. The van der Waals surface area contributed by atoms with E-state index in [0.29, 0.717) is 11.8 Å². The normalized spacial score (nSPS) is 10.9. The van der Waals surface area contributed by atoms with E-state index in [0.717, 1.165) is 15.8 Å². The van der Waals surface area contributed by atoms with Gasteiger partial charge in [-0.3, -0.25) is 0 Å². The second kappa shape index (κ2) is 5.70. The second-order valence-electron chi connectivity index (χ2n) is 3.70. The zero-order valence-electron chi connectivity index (χ0n) is 10.5. The molecule has 0 amide bonds. The molecule has 1 aromatic heterocycles. The van der Waals surface area contributed by atoms with Crippen LogP contribution in [-0.2, 0) is 0 Å². The van der Waals surface area contributed by atoms with Gasteiger partial charge in [0.1, 0.15) is 5.75 Å². The summed E-state index contributed by atoms with van der Waals surface area (Å²) in [5, 5.41) is 11.7. The molecule has 2 aromatic rings. The summed E-state index contributed by atoms with van der Waals surface area (Å²) in [6.45, 7) is 1.75. The maximum atomic E-state index is 5.68. The molecular formula is C11H13BrN6O. The van der Waals surface area contributed by atoms with Crippen molar-refractivity contribution in [3.8, 4) is 5.75 Å². The van der Waals surface area contributed by atoms with Crippen molar-refractivity contribution < 1.29 is 4.74 Å². The summed E-state index contributed by atoms with van der Waals surface area (Å²) in [7, 11) is 1.62. The summed E-state index contributed by atoms with van der Waals surface area (Å²) in [6.07, 6.45) is 1.65. The van der Waals surface area contributed by atoms with Crippen LogP contribution < -0.4 is 16.0 Å². The number of nitrogens with two attached hydrogens (primary N) is 1. The largest absolute Gasteiger partial charge is 0.496 e. The summed E-state index contributed by atoms with van der Waals surface area (Å²) in [5.74, 6) is 7.42. The van der Waals surface area contributed by atoms with Gasteiger partial charge in [0.15, 0.2) is 5.82 Å². The van der Waals surface area contributed by atoms with Gasteiger partial charge < -0.3 is 10.6 Å². The first kappa shape index (κ1) is 13.3. The van der Waals surface area contributed by atoms with Crippen LogP contribution in [0.2, 0.25) is 0 Å². The van der Waals surface area contributed by atoms with Crippen LogP contribution in [0.25, 0.3) is 0 Å². The number of rotatable bonds is 4. The van der Waals surface area contributed by atoms with Gasteiger partial charge in [-0.15, -0.1) is 10.2 Å². The maximum absolute atomic E-state index is 5.68. The van der Waals surface area contributed by atoms with Crippen molar-refractivity contribution >= 4 is 28.1 Å². The number of hydrogen-bond donors (Lipinski definition) is 2. The molecule has 0 unspecified atom stereocenters. The molecule has 7 nitrogen and oxygen atoms in total. The van der Waals surface area contributed by atoms with E-state index in [4.69, 9.17) is 10.6 Å². The summed E-state index contributed by atoms with van der Waals surface area (Å²) in [6, 6.07) is 5.62. The van der Waals surface area contributed by atoms with Crippen LogP contribution in [-0.4, -0.2) is 28.2 Å². The number of benzene rings is 1. The fourth-order valence-corrected chi connectivity index (χ4v) is 1.93. The Morgan fingerprint density at radius 1 is 1.47 bits per heavy atom. The number of ether oxygens (including phenoxy) is 1. The maximum Gasteiger partial charge on any atom is 0.263 e. The summed E-state index contributed by atoms with van der Waals surface area (Å²) < 4.78 is 7.33. The number of hydrazone groups is 1. The van der Waals surface area contributed by atoms with Crippen LogP contribution in [0.3, 0.4) is 0 Å². The SMILES string of the molecule is COc1ccc(/C=N\Nc2nnc(C)n2N)cc1Br. The van der Waals surface area contributed by atoms with E-state index < -0.39 is 0 Å². The van der Waals surface area contributed by atoms with Crippen molar-refractivity contribution in [3.63, 3.8) is 0 Å². The molecule has 0 bridgehead atoms. The van der Waals surface area contributed by atoms with E-state index >= 15 is 0 Å². The lowest BCUT2D eigenvalue weighted by atomic mass is 10.2. The standard InChI is InChI=1S/C11H13BrN6O/c1-7-15-17-11(18(7)13)16-14-6-8-3-4-10(19-2)9(12)5-8/h3-6H,13H2,1-2H3,(H,16,17)/b14-6-. The highest BCUT2D eigenvalue weighted by Gasteiger charge is 2.03. The molecule has 0 atom stereocenters. The van der Waals surface area contributed by atoms with Gasteiger partial charge in [-0.25, -0.2) is 10.1 Å². The Labute approximate surface area is 118 Å². The smallest absolute Gasteiger partial charge is 0.263 e. The topological polar surface area (TPSA) is 90.3 Å². The number of aryl methyl sites for hydroxylation is 1. The Morgan fingerprint density at radius 3 is 2.84 bits per heavy atom. The van der Waals surface area contributed by atoms with Gasteiger partial charge >= 0.3 is 0 Å². The molecular weight excluding hydrogens is 312 g/mol. The van der Waals surface area contributed by atoms with Crippen molar-refractivity contribution in [3.05, 3.63) is 34.1 Å². The lowest BCUT2D eigenvalue weighted by Crippen LogP contribution is -2.13. The Morgan fingerprint density at radius 2 is 2.26 bits per heavy atom. The monoisotopic (exact) mass is 324 g/mol. The third kappa shape index (κ3) is 3.02. The first-order valence-electron chi connectivity index (χ1n) is 5.41. The fraction of sp³-hybridized carbons (Fsp3) is 0.182. The molecule has 0 aliphatic heterocycles. The zero-order valence-corrected chi connectivity index (χ0v) is 12.0. The minimum atomic E-state index is 0.376. The molecule has 1 heterocycles. The van der Waals surface area contributed by atoms with Crippen LogP contribution in [0.15, 0.2) is 27.8 Å². The highest BCUT2D eigenvalue weighted by molar-refractivity contribution is 9.10. The first-order chi connectivity index (χ1) is 9.11. The lowest BCUT2D eigenvalue weighted by Gasteiger charge is -2.03. The molecule has 0 aliphatic carbocycles. The van der Waals surface area contributed by atoms with Crippen LogP contribution >= 0.6 is 15.9 Å². The summed E-state index contributed by atoms with van der Waals surface area (Å²) >= 11 is 3.41. The minimum Gasteiger partial charge on any atom is -0.496 e. The Hall–Kier alpha value is -2.09. The molecule has 0 spiro atoms. The molecule has 0 radical (unpaired) electrons. The summed E-state index contributed by atoms with van der Waals surface area (Å²) in [5.41, 5.74) is 3.62. The Bertz CT molecular complexity index is 609. The van der Waals surface area contributed by atoms with E-state index in [1.165, 1.54) is 4.68 Å². The Balaban J connectivity index is 2.07. The van der Waals surface area contributed by atoms with Crippen LogP contribution in [0.4, 0.5) is 5.95 Å². The van der Waals surface area contributed by atoms with Gasteiger partial charge in [0, 0.05) is 0 Å². The molecule has 0 fully saturated rings. The minimum absolute atomic E-state index is 0.376. The molecule has 19 heavy (non-hydrogen) atoms. The van der Waals surface area contributed by atoms with Crippen molar-refractivity contribution in [1.82, 2.24) is 14.9 Å². The quantitative estimate of drug-likeness (QED) is 0.505. The van der Waals surface area contributed by atoms with Gasteiger partial charge in [-0.2, -0.15) is 5.10 Å². The van der Waals surface area contributed by atoms with Gasteiger partial charge in [0.05, 0.1) is 17.8 Å². The van der Waals surface area contributed by atoms with Crippen molar-refractivity contribution in [1.29, 1.82) is 0 Å². The number of nitrogen functional groups attached to an aromatic ring is 1.